The molecule has 0 atom stereocenters. The Morgan fingerprint density at radius 1 is 1.62 bits per heavy atom. The van der Waals surface area contributed by atoms with Crippen molar-refractivity contribution in [1.29, 1.82) is 0 Å². The normalized spacial score (nSPS) is 8.08. The van der Waals surface area contributed by atoms with E-state index < -0.39 is 5.91 Å². The minimum Gasteiger partial charge on any atom is -0.324 e. The largest absolute Gasteiger partial charge is 0.324 e. The van der Waals surface area contributed by atoms with Crippen LogP contribution in [0.4, 0.5) is 0 Å². The first kappa shape index (κ1) is 12.4. The molecule has 3 nitrogen and oxygen atoms in total. The van der Waals surface area contributed by atoms with Crippen molar-refractivity contribution in [3.05, 3.63) is 35.4 Å². The van der Waals surface area contributed by atoms with Crippen molar-refractivity contribution in [3.8, 4) is 0 Å². The van der Waals surface area contributed by atoms with Crippen molar-refractivity contribution < 1.29 is 42.3 Å². The molecule has 0 saturated heterocycles. The third kappa shape index (κ3) is 3.31. The van der Waals surface area contributed by atoms with Crippen LogP contribution >= 0.6 is 0 Å². The zero-order chi connectivity index (χ0) is 8.97. The number of isocyanates is 1. The molecule has 0 aliphatic rings. The van der Waals surface area contributed by atoms with E-state index in [0.29, 0.717) is 5.56 Å². The van der Waals surface area contributed by atoms with Gasteiger partial charge in [-0.05, 0) is 0 Å². The molecular weight excluding hydrogens is 243 g/mol. The van der Waals surface area contributed by atoms with E-state index in [4.69, 9.17) is 0 Å². The summed E-state index contributed by atoms with van der Waals surface area (Å²) in [7, 11) is 0. The van der Waals surface area contributed by atoms with Gasteiger partial charge < -0.3 is 4.79 Å². The van der Waals surface area contributed by atoms with Crippen LogP contribution in [0.1, 0.15) is 15.9 Å². The summed E-state index contributed by atoms with van der Waals surface area (Å²) in [5.41, 5.74) is 1.07. The number of carbonyl (C=O) groups excluding carboxylic acids is 2. The van der Waals surface area contributed by atoms with Crippen molar-refractivity contribution in [2.45, 2.75) is 6.92 Å². The van der Waals surface area contributed by atoms with Gasteiger partial charge in [-0.25, -0.2) is 4.79 Å². The number of carbonyl (C=O) groups is 1. The molecule has 0 aromatic heterocycles. The van der Waals surface area contributed by atoms with Crippen LogP contribution in [-0.4, -0.2) is 12.0 Å². The second-order valence-electron chi connectivity index (χ2n) is 2.24. The summed E-state index contributed by atoms with van der Waals surface area (Å²) < 4.78 is 0. The second kappa shape index (κ2) is 5.92. The molecule has 1 aromatic rings. The molecular formula is C9H6NO2Y-. The molecule has 4 heteroatoms. The first-order valence-electron chi connectivity index (χ1n) is 3.35. The number of amides is 1. The third-order valence-electron chi connectivity index (χ3n) is 1.43. The van der Waals surface area contributed by atoms with Crippen LogP contribution in [0, 0.1) is 13.0 Å². The summed E-state index contributed by atoms with van der Waals surface area (Å²) in [6.45, 7) is 1.75. The van der Waals surface area contributed by atoms with Gasteiger partial charge in [-0.1, -0.05) is 12.5 Å². The van der Waals surface area contributed by atoms with Crippen molar-refractivity contribution in [1.82, 2.24) is 0 Å². The quantitative estimate of drug-likeness (QED) is 0.427. The molecule has 0 heterocycles. The van der Waals surface area contributed by atoms with Gasteiger partial charge in [0, 0.05) is 32.7 Å². The average Bonchev–Trinajstić information content (AvgIpc) is 2.05. The zero-order valence-electron chi connectivity index (χ0n) is 7.07. The van der Waals surface area contributed by atoms with E-state index in [0.717, 1.165) is 5.56 Å². The van der Waals surface area contributed by atoms with Gasteiger partial charge in [-0.2, -0.15) is 4.99 Å². The van der Waals surface area contributed by atoms with Crippen LogP contribution < -0.4 is 0 Å². The summed E-state index contributed by atoms with van der Waals surface area (Å²) in [5.74, 6) is -0.594. The van der Waals surface area contributed by atoms with E-state index in [2.05, 4.69) is 11.1 Å². The molecule has 1 aromatic carbocycles. The van der Waals surface area contributed by atoms with Crippen LogP contribution in [0.15, 0.2) is 23.2 Å². The van der Waals surface area contributed by atoms with Crippen molar-refractivity contribution in [2.75, 3.05) is 0 Å². The number of aryl methyl sites for hydroxylation is 1. The SMILES string of the molecule is Cc1ccc[c-]c1C(=O)N=C=O.[Y]. The van der Waals surface area contributed by atoms with E-state index in [-0.39, 0.29) is 32.7 Å². The maximum absolute atomic E-state index is 11.0. The fourth-order valence-electron chi connectivity index (χ4n) is 0.849. The second-order valence-corrected chi connectivity index (χ2v) is 2.24. The Kier molecular flexibility index (Phi) is 5.64. The van der Waals surface area contributed by atoms with Crippen LogP contribution in [-0.2, 0) is 37.5 Å². The summed E-state index contributed by atoms with van der Waals surface area (Å²) in [6, 6.07) is 7.81. The van der Waals surface area contributed by atoms with Gasteiger partial charge in [-0.15, -0.1) is 29.8 Å². The van der Waals surface area contributed by atoms with E-state index in [1.54, 1.807) is 25.1 Å². The van der Waals surface area contributed by atoms with E-state index in [9.17, 15) is 9.59 Å². The van der Waals surface area contributed by atoms with Crippen molar-refractivity contribution in [2.24, 2.45) is 4.99 Å². The monoisotopic (exact) mass is 249 g/mol. The van der Waals surface area contributed by atoms with Gasteiger partial charge >= 0.3 is 0 Å². The summed E-state index contributed by atoms with van der Waals surface area (Å²) >= 11 is 0. The molecule has 0 spiro atoms. The molecule has 1 rings (SSSR count). The molecule has 0 fully saturated rings. The number of rotatable bonds is 1. The van der Waals surface area contributed by atoms with Gasteiger partial charge in [0.15, 0.2) is 0 Å². The molecule has 0 saturated carbocycles. The molecule has 13 heavy (non-hydrogen) atoms. The minimum absolute atomic E-state index is 0. The maximum atomic E-state index is 11.0. The standard InChI is InChI=1S/C9H6NO2.Y/c1-7-4-2-3-5-8(7)9(12)10-6-11;/h2-4H,1H3;/q-1;. The van der Waals surface area contributed by atoms with Crippen LogP contribution in [0.2, 0.25) is 0 Å². The van der Waals surface area contributed by atoms with Gasteiger partial charge in [0.2, 0.25) is 12.0 Å². The summed E-state index contributed by atoms with van der Waals surface area (Å²) in [4.78, 5) is 23.8. The summed E-state index contributed by atoms with van der Waals surface area (Å²) in [5, 5.41) is 0. The van der Waals surface area contributed by atoms with E-state index in [1.165, 1.54) is 6.08 Å². The van der Waals surface area contributed by atoms with Crippen LogP contribution in [0.25, 0.3) is 0 Å². The number of benzene rings is 1. The van der Waals surface area contributed by atoms with Crippen LogP contribution in [0.3, 0.4) is 0 Å². The predicted octanol–water partition coefficient (Wildman–Crippen LogP) is 1.27. The Morgan fingerprint density at radius 2 is 2.31 bits per heavy atom. The molecule has 1 amide bonds. The van der Waals surface area contributed by atoms with Gasteiger partial charge in [-0.3, -0.25) is 0 Å². The Labute approximate surface area is 101 Å². The number of nitrogens with zero attached hydrogens (tertiary/aromatic N) is 1. The molecule has 63 valence electrons. The fourth-order valence-corrected chi connectivity index (χ4v) is 0.849. The third-order valence-corrected chi connectivity index (χ3v) is 1.43. The van der Waals surface area contributed by atoms with Crippen molar-refractivity contribution >= 4 is 12.0 Å². The Hall–Kier alpha value is -0.626. The fraction of sp³-hybridized carbons (Fsp3) is 0.111. The molecule has 0 N–H and O–H groups in total. The molecule has 0 unspecified atom stereocenters. The Morgan fingerprint density at radius 3 is 2.85 bits per heavy atom. The van der Waals surface area contributed by atoms with E-state index >= 15 is 0 Å². The first-order chi connectivity index (χ1) is 5.75. The Balaban J connectivity index is 0.00000144. The Bertz CT molecular complexity index is 356. The molecule has 1 radical (unpaired) electrons. The average molecular weight is 249 g/mol. The van der Waals surface area contributed by atoms with Gasteiger partial charge in [0.05, 0.1) is 0 Å². The van der Waals surface area contributed by atoms with Crippen LogP contribution in [0.5, 0.6) is 0 Å². The minimum atomic E-state index is -0.594. The van der Waals surface area contributed by atoms with Gasteiger partial charge in [0.1, 0.15) is 0 Å². The topological polar surface area (TPSA) is 46.5 Å². The predicted molar refractivity (Wildman–Crippen MR) is 42.5 cm³/mol. The first-order valence-corrected chi connectivity index (χ1v) is 3.35. The maximum Gasteiger partial charge on any atom is 0.233 e. The van der Waals surface area contributed by atoms with E-state index in [1.807, 2.05) is 0 Å². The number of aliphatic imine (C=N–C) groups is 1. The molecule has 0 aliphatic carbocycles. The van der Waals surface area contributed by atoms with Crippen molar-refractivity contribution in [3.63, 3.8) is 0 Å². The number of hydrogen-bond donors (Lipinski definition) is 0. The summed E-state index contributed by atoms with van der Waals surface area (Å²) in [6.07, 6.45) is 1.20. The molecule has 0 bridgehead atoms. The van der Waals surface area contributed by atoms with Gasteiger partial charge in [0.25, 0.3) is 0 Å². The zero-order valence-corrected chi connectivity index (χ0v) is 9.91. The molecule has 0 aliphatic heterocycles. The smallest absolute Gasteiger partial charge is 0.233 e. The number of hydrogen-bond acceptors (Lipinski definition) is 2.